The van der Waals surface area contributed by atoms with Gasteiger partial charge in [0.1, 0.15) is 12.7 Å². The standard InChI is InChI=1S/C18H25N5O/c1-13-4-5-14(2)17(10-13)15(3)21-18(24)22-8-6-16(7-9-22)23-12-19-11-20-23/h4-5,10-12,15-16H,6-9H2,1-3H3,(H,21,24)/t15-/m0/s1. The van der Waals surface area contributed by atoms with Crippen LogP contribution in [0.5, 0.6) is 0 Å². The van der Waals surface area contributed by atoms with E-state index in [9.17, 15) is 4.79 Å². The molecule has 0 spiro atoms. The number of carbonyl (C=O) groups is 1. The molecule has 1 fully saturated rings. The van der Waals surface area contributed by atoms with E-state index in [1.54, 1.807) is 12.7 Å². The number of nitrogens with one attached hydrogen (secondary N) is 1. The highest BCUT2D eigenvalue weighted by atomic mass is 16.2. The number of aromatic nitrogens is 3. The maximum absolute atomic E-state index is 12.6. The second-order valence-corrected chi connectivity index (χ2v) is 6.62. The second-order valence-electron chi connectivity index (χ2n) is 6.62. The molecule has 1 atom stereocenters. The summed E-state index contributed by atoms with van der Waals surface area (Å²) in [4.78, 5) is 18.4. The van der Waals surface area contributed by atoms with Crippen LogP contribution in [0, 0.1) is 13.8 Å². The third-order valence-electron chi connectivity index (χ3n) is 4.80. The SMILES string of the molecule is Cc1ccc(C)c([C@H](C)NC(=O)N2CCC(n3cncn3)CC2)c1. The molecule has 2 amide bonds. The maximum atomic E-state index is 12.6. The van der Waals surface area contributed by atoms with Crippen LogP contribution in [-0.4, -0.2) is 38.8 Å². The minimum absolute atomic E-state index is 0.00504. The number of carbonyl (C=O) groups excluding carboxylic acids is 1. The van der Waals surface area contributed by atoms with Crippen molar-refractivity contribution >= 4 is 6.03 Å². The second kappa shape index (κ2) is 7.03. The molecular weight excluding hydrogens is 302 g/mol. The number of nitrogens with zero attached hydrogens (tertiary/aromatic N) is 4. The minimum Gasteiger partial charge on any atom is -0.331 e. The zero-order valence-corrected chi connectivity index (χ0v) is 14.6. The van der Waals surface area contributed by atoms with Gasteiger partial charge in [0.2, 0.25) is 0 Å². The van der Waals surface area contributed by atoms with Gasteiger partial charge in [0.25, 0.3) is 0 Å². The zero-order chi connectivity index (χ0) is 17.1. The molecule has 1 aliphatic rings. The van der Waals surface area contributed by atoms with Gasteiger partial charge in [0, 0.05) is 13.1 Å². The molecule has 2 aromatic rings. The minimum atomic E-state index is 0.00504. The van der Waals surface area contributed by atoms with E-state index in [-0.39, 0.29) is 12.1 Å². The van der Waals surface area contributed by atoms with Crippen LogP contribution in [0.1, 0.15) is 48.5 Å². The first-order valence-electron chi connectivity index (χ1n) is 8.51. The number of urea groups is 1. The molecule has 1 N–H and O–H groups in total. The molecule has 0 saturated carbocycles. The van der Waals surface area contributed by atoms with Crippen LogP contribution in [0.4, 0.5) is 4.79 Å². The first-order valence-corrected chi connectivity index (χ1v) is 8.51. The predicted molar refractivity (Wildman–Crippen MR) is 92.7 cm³/mol. The molecule has 0 aliphatic carbocycles. The number of benzene rings is 1. The van der Waals surface area contributed by atoms with E-state index >= 15 is 0 Å². The first-order chi connectivity index (χ1) is 11.5. The molecule has 24 heavy (non-hydrogen) atoms. The van der Waals surface area contributed by atoms with Gasteiger partial charge in [-0.15, -0.1) is 0 Å². The number of piperidine rings is 1. The molecule has 2 heterocycles. The van der Waals surface area contributed by atoms with Crippen molar-refractivity contribution in [3.63, 3.8) is 0 Å². The molecule has 0 radical (unpaired) electrons. The quantitative estimate of drug-likeness (QED) is 0.942. The summed E-state index contributed by atoms with van der Waals surface area (Å²) >= 11 is 0. The lowest BCUT2D eigenvalue weighted by molar-refractivity contribution is 0.166. The Labute approximate surface area is 142 Å². The third-order valence-corrected chi connectivity index (χ3v) is 4.80. The lowest BCUT2D eigenvalue weighted by Crippen LogP contribution is -2.45. The van der Waals surface area contributed by atoms with Crippen molar-refractivity contribution in [2.24, 2.45) is 0 Å². The molecule has 6 heteroatoms. The molecule has 1 aromatic carbocycles. The lowest BCUT2D eigenvalue weighted by Gasteiger charge is -2.33. The van der Waals surface area contributed by atoms with Gasteiger partial charge < -0.3 is 10.2 Å². The van der Waals surface area contributed by atoms with E-state index in [0.29, 0.717) is 6.04 Å². The van der Waals surface area contributed by atoms with E-state index in [2.05, 4.69) is 47.4 Å². The fourth-order valence-electron chi connectivity index (χ4n) is 3.32. The van der Waals surface area contributed by atoms with E-state index in [0.717, 1.165) is 25.9 Å². The Balaban J connectivity index is 1.57. The molecular formula is C18H25N5O. The fourth-order valence-corrected chi connectivity index (χ4v) is 3.32. The number of rotatable bonds is 3. The normalized spacial score (nSPS) is 16.9. The largest absolute Gasteiger partial charge is 0.331 e. The Morgan fingerprint density at radius 2 is 2.04 bits per heavy atom. The Bertz CT molecular complexity index is 689. The Morgan fingerprint density at radius 3 is 2.71 bits per heavy atom. The van der Waals surface area contributed by atoms with Crippen molar-refractivity contribution in [2.75, 3.05) is 13.1 Å². The summed E-state index contributed by atoms with van der Waals surface area (Å²) in [6, 6.07) is 6.72. The van der Waals surface area contributed by atoms with Crippen LogP contribution in [-0.2, 0) is 0 Å². The van der Waals surface area contributed by atoms with Crippen molar-refractivity contribution in [3.8, 4) is 0 Å². The van der Waals surface area contributed by atoms with Crippen molar-refractivity contribution in [1.29, 1.82) is 0 Å². The summed E-state index contributed by atoms with van der Waals surface area (Å²) in [5.41, 5.74) is 3.60. The number of likely N-dealkylation sites (tertiary alicyclic amines) is 1. The Kier molecular flexibility index (Phi) is 4.83. The topological polar surface area (TPSA) is 63.1 Å². The van der Waals surface area contributed by atoms with Gasteiger partial charge in [-0.05, 0) is 44.7 Å². The van der Waals surface area contributed by atoms with Gasteiger partial charge in [0.05, 0.1) is 12.1 Å². The summed E-state index contributed by atoms with van der Waals surface area (Å²) in [7, 11) is 0. The van der Waals surface area contributed by atoms with E-state index in [4.69, 9.17) is 0 Å². The van der Waals surface area contributed by atoms with E-state index < -0.39 is 0 Å². The maximum Gasteiger partial charge on any atom is 0.317 e. The van der Waals surface area contributed by atoms with Gasteiger partial charge in [-0.3, -0.25) is 0 Å². The predicted octanol–water partition coefficient (Wildman–Crippen LogP) is 3.00. The van der Waals surface area contributed by atoms with Crippen molar-refractivity contribution in [3.05, 3.63) is 47.5 Å². The highest BCUT2D eigenvalue weighted by Gasteiger charge is 2.25. The molecule has 1 aromatic heterocycles. The van der Waals surface area contributed by atoms with Crippen molar-refractivity contribution in [1.82, 2.24) is 25.0 Å². The van der Waals surface area contributed by atoms with Gasteiger partial charge in [-0.1, -0.05) is 23.8 Å². The highest BCUT2D eigenvalue weighted by Crippen LogP contribution is 2.23. The van der Waals surface area contributed by atoms with E-state index in [1.807, 2.05) is 16.5 Å². The fraction of sp³-hybridized carbons (Fsp3) is 0.500. The van der Waals surface area contributed by atoms with Crippen LogP contribution < -0.4 is 5.32 Å². The van der Waals surface area contributed by atoms with Crippen LogP contribution in [0.25, 0.3) is 0 Å². The third kappa shape index (κ3) is 3.58. The number of aryl methyl sites for hydroxylation is 2. The highest BCUT2D eigenvalue weighted by molar-refractivity contribution is 5.74. The van der Waals surface area contributed by atoms with Crippen LogP contribution in [0.15, 0.2) is 30.9 Å². The number of hydrogen-bond acceptors (Lipinski definition) is 3. The van der Waals surface area contributed by atoms with Gasteiger partial charge in [-0.2, -0.15) is 5.10 Å². The Morgan fingerprint density at radius 1 is 1.29 bits per heavy atom. The van der Waals surface area contributed by atoms with Crippen molar-refractivity contribution in [2.45, 2.75) is 45.7 Å². The molecule has 0 unspecified atom stereocenters. The molecule has 3 rings (SSSR count). The average Bonchev–Trinajstić information content (AvgIpc) is 3.11. The summed E-state index contributed by atoms with van der Waals surface area (Å²) in [5.74, 6) is 0. The van der Waals surface area contributed by atoms with Crippen molar-refractivity contribution < 1.29 is 4.79 Å². The van der Waals surface area contributed by atoms with Gasteiger partial charge in [0.15, 0.2) is 0 Å². The zero-order valence-electron chi connectivity index (χ0n) is 14.6. The molecule has 0 bridgehead atoms. The summed E-state index contributed by atoms with van der Waals surface area (Å²) in [6.07, 6.45) is 5.14. The Hall–Kier alpha value is -2.37. The summed E-state index contributed by atoms with van der Waals surface area (Å²) < 4.78 is 1.90. The average molecular weight is 327 g/mol. The molecule has 128 valence electrons. The summed E-state index contributed by atoms with van der Waals surface area (Å²) in [6.45, 7) is 7.70. The smallest absolute Gasteiger partial charge is 0.317 e. The monoisotopic (exact) mass is 327 g/mol. The van der Waals surface area contributed by atoms with Crippen LogP contribution >= 0.6 is 0 Å². The molecule has 6 nitrogen and oxygen atoms in total. The lowest BCUT2D eigenvalue weighted by atomic mass is 10.00. The van der Waals surface area contributed by atoms with Crippen LogP contribution in [0.2, 0.25) is 0 Å². The number of amides is 2. The molecule has 1 saturated heterocycles. The first kappa shape index (κ1) is 16.5. The summed E-state index contributed by atoms with van der Waals surface area (Å²) in [5, 5.41) is 7.34. The number of hydrogen-bond donors (Lipinski definition) is 1. The van der Waals surface area contributed by atoms with Gasteiger partial charge in [-0.25, -0.2) is 14.5 Å². The molecule has 1 aliphatic heterocycles. The van der Waals surface area contributed by atoms with E-state index in [1.165, 1.54) is 16.7 Å². The van der Waals surface area contributed by atoms with Crippen LogP contribution in [0.3, 0.4) is 0 Å². The van der Waals surface area contributed by atoms with Gasteiger partial charge >= 0.3 is 6.03 Å².